The number of nitrogens with one attached hydrogen (secondary N) is 1. The molecule has 0 saturated heterocycles. The van der Waals surface area contributed by atoms with Crippen molar-refractivity contribution in [1.29, 1.82) is 0 Å². The van der Waals surface area contributed by atoms with Gasteiger partial charge in [0.25, 0.3) is 0 Å². The second-order valence-corrected chi connectivity index (χ2v) is 4.91. The van der Waals surface area contributed by atoms with E-state index in [0.717, 1.165) is 25.0 Å². The van der Waals surface area contributed by atoms with E-state index in [1.165, 1.54) is 19.4 Å². The van der Waals surface area contributed by atoms with Crippen LogP contribution in [0.15, 0.2) is 0 Å². The molecule has 0 aromatic heterocycles. The van der Waals surface area contributed by atoms with Gasteiger partial charge in [0.05, 0.1) is 6.61 Å². The van der Waals surface area contributed by atoms with Gasteiger partial charge in [-0.25, -0.2) is 0 Å². The fourth-order valence-corrected chi connectivity index (χ4v) is 2.30. The van der Waals surface area contributed by atoms with Crippen molar-refractivity contribution in [3.05, 3.63) is 0 Å². The van der Waals surface area contributed by atoms with E-state index in [9.17, 15) is 0 Å². The van der Waals surface area contributed by atoms with E-state index >= 15 is 0 Å². The highest BCUT2D eigenvalue weighted by Gasteiger charge is 2.51. The molecule has 2 nitrogen and oxygen atoms in total. The Bertz CT molecular complexity index is 172. The zero-order valence-electron chi connectivity index (χ0n) is 10.1. The Balaban J connectivity index is 2.12. The Morgan fingerprint density at radius 3 is 2.86 bits per heavy atom. The number of ether oxygens (including phenoxy) is 1. The van der Waals surface area contributed by atoms with Crippen LogP contribution in [0.2, 0.25) is 0 Å². The first-order valence-electron chi connectivity index (χ1n) is 5.84. The Kier molecular flexibility index (Phi) is 4.39. The summed E-state index contributed by atoms with van der Waals surface area (Å²) in [6.45, 7) is 10.1. The molecule has 0 aromatic carbocycles. The smallest absolute Gasteiger partial charge is 0.0587 e. The molecule has 1 fully saturated rings. The number of rotatable bonds is 7. The molecule has 0 spiro atoms. The van der Waals surface area contributed by atoms with Gasteiger partial charge in [-0.3, -0.25) is 0 Å². The summed E-state index contributed by atoms with van der Waals surface area (Å²) in [6, 6.07) is 0. The minimum absolute atomic E-state index is 0.620. The summed E-state index contributed by atoms with van der Waals surface area (Å²) in [4.78, 5) is 0. The van der Waals surface area contributed by atoms with Crippen LogP contribution in [0.5, 0.6) is 0 Å². The first-order valence-corrected chi connectivity index (χ1v) is 5.84. The minimum Gasteiger partial charge on any atom is -0.383 e. The van der Waals surface area contributed by atoms with Gasteiger partial charge in [0.15, 0.2) is 0 Å². The molecule has 2 heteroatoms. The van der Waals surface area contributed by atoms with Crippen molar-refractivity contribution in [3.8, 4) is 0 Å². The first kappa shape index (κ1) is 12.0. The maximum Gasteiger partial charge on any atom is 0.0587 e. The molecule has 1 aliphatic rings. The molecule has 0 aromatic rings. The first-order chi connectivity index (χ1) is 6.65. The Morgan fingerprint density at radius 1 is 1.57 bits per heavy atom. The van der Waals surface area contributed by atoms with Crippen molar-refractivity contribution in [2.75, 3.05) is 26.8 Å². The van der Waals surface area contributed by atoms with Crippen LogP contribution in [-0.2, 0) is 4.74 Å². The molecule has 1 rings (SSSR count). The summed E-state index contributed by atoms with van der Waals surface area (Å²) in [7, 11) is 1.75. The van der Waals surface area contributed by atoms with Gasteiger partial charge in [-0.2, -0.15) is 0 Å². The van der Waals surface area contributed by atoms with Crippen molar-refractivity contribution in [3.63, 3.8) is 0 Å². The predicted molar refractivity (Wildman–Crippen MR) is 60.4 cm³/mol. The molecule has 3 unspecified atom stereocenters. The molecular formula is C12H25NO. The van der Waals surface area contributed by atoms with Crippen LogP contribution in [0, 0.1) is 17.3 Å². The minimum atomic E-state index is 0.620. The van der Waals surface area contributed by atoms with Crippen LogP contribution >= 0.6 is 0 Å². The molecule has 0 aliphatic heterocycles. The lowest BCUT2D eigenvalue weighted by Gasteiger charge is -2.19. The van der Waals surface area contributed by atoms with Crippen LogP contribution < -0.4 is 5.32 Å². The Hall–Kier alpha value is -0.0800. The number of hydrogen-bond acceptors (Lipinski definition) is 2. The average Bonchev–Trinajstić information content (AvgIpc) is 2.85. The Morgan fingerprint density at radius 2 is 2.29 bits per heavy atom. The van der Waals surface area contributed by atoms with E-state index in [4.69, 9.17) is 4.74 Å². The molecular weight excluding hydrogens is 174 g/mol. The van der Waals surface area contributed by atoms with Crippen molar-refractivity contribution in [2.24, 2.45) is 17.3 Å². The molecule has 84 valence electrons. The largest absolute Gasteiger partial charge is 0.383 e. The predicted octanol–water partition coefficient (Wildman–Crippen LogP) is 2.29. The van der Waals surface area contributed by atoms with Gasteiger partial charge in [0.1, 0.15) is 0 Å². The molecule has 14 heavy (non-hydrogen) atoms. The van der Waals surface area contributed by atoms with Crippen LogP contribution in [-0.4, -0.2) is 26.8 Å². The fourth-order valence-electron chi connectivity index (χ4n) is 2.30. The summed E-state index contributed by atoms with van der Waals surface area (Å²) in [5, 5.41) is 3.46. The van der Waals surface area contributed by atoms with Gasteiger partial charge in [-0.05, 0) is 30.2 Å². The van der Waals surface area contributed by atoms with Crippen LogP contribution in [0.3, 0.4) is 0 Å². The quantitative estimate of drug-likeness (QED) is 0.635. The molecule has 0 bridgehead atoms. The SMILES string of the molecule is CCC(C)C1(C)CC1CNCCOC. The molecule has 0 radical (unpaired) electrons. The third kappa shape index (κ3) is 2.71. The van der Waals surface area contributed by atoms with E-state index in [1.54, 1.807) is 7.11 Å². The van der Waals surface area contributed by atoms with Crippen LogP contribution in [0.4, 0.5) is 0 Å². The summed E-state index contributed by atoms with van der Waals surface area (Å²) in [5.41, 5.74) is 0.620. The van der Waals surface area contributed by atoms with Gasteiger partial charge in [0.2, 0.25) is 0 Å². The zero-order chi connectivity index (χ0) is 10.6. The molecule has 0 amide bonds. The summed E-state index contributed by atoms with van der Waals surface area (Å²) in [6.07, 6.45) is 2.72. The monoisotopic (exact) mass is 199 g/mol. The van der Waals surface area contributed by atoms with Gasteiger partial charge in [-0.1, -0.05) is 27.2 Å². The van der Waals surface area contributed by atoms with E-state index in [0.29, 0.717) is 5.41 Å². The second kappa shape index (κ2) is 5.13. The fraction of sp³-hybridized carbons (Fsp3) is 1.00. The highest BCUT2D eigenvalue weighted by atomic mass is 16.5. The third-order valence-corrected chi connectivity index (χ3v) is 4.07. The van der Waals surface area contributed by atoms with Gasteiger partial charge >= 0.3 is 0 Å². The van der Waals surface area contributed by atoms with E-state index in [-0.39, 0.29) is 0 Å². The lowest BCUT2D eigenvalue weighted by atomic mass is 9.88. The summed E-state index contributed by atoms with van der Waals surface area (Å²) >= 11 is 0. The van der Waals surface area contributed by atoms with E-state index < -0.39 is 0 Å². The Labute approximate surface area is 88.4 Å². The van der Waals surface area contributed by atoms with E-state index in [2.05, 4.69) is 26.1 Å². The molecule has 1 N–H and O–H groups in total. The van der Waals surface area contributed by atoms with Crippen molar-refractivity contribution in [2.45, 2.75) is 33.6 Å². The van der Waals surface area contributed by atoms with E-state index in [1.807, 2.05) is 0 Å². The van der Waals surface area contributed by atoms with Crippen molar-refractivity contribution >= 4 is 0 Å². The summed E-state index contributed by atoms with van der Waals surface area (Å²) < 4.78 is 5.00. The highest BCUT2D eigenvalue weighted by molar-refractivity contribution is 5.02. The highest BCUT2D eigenvalue weighted by Crippen LogP contribution is 2.57. The standard InChI is InChI=1S/C12H25NO/c1-5-10(2)12(3)8-11(12)9-13-6-7-14-4/h10-11,13H,5-9H2,1-4H3. The van der Waals surface area contributed by atoms with Gasteiger partial charge < -0.3 is 10.1 Å². The zero-order valence-corrected chi connectivity index (χ0v) is 10.1. The average molecular weight is 199 g/mol. The second-order valence-electron chi connectivity index (χ2n) is 4.91. The van der Waals surface area contributed by atoms with Crippen molar-refractivity contribution < 1.29 is 4.74 Å². The topological polar surface area (TPSA) is 21.3 Å². The maximum absolute atomic E-state index is 5.00. The molecule has 3 atom stereocenters. The van der Waals surface area contributed by atoms with Crippen LogP contribution in [0.1, 0.15) is 33.6 Å². The lowest BCUT2D eigenvalue weighted by Crippen LogP contribution is -2.24. The van der Waals surface area contributed by atoms with Crippen molar-refractivity contribution in [1.82, 2.24) is 5.32 Å². The normalized spacial score (nSPS) is 33.0. The maximum atomic E-state index is 5.00. The molecule has 1 aliphatic carbocycles. The number of hydrogen-bond donors (Lipinski definition) is 1. The summed E-state index contributed by atoms with van der Waals surface area (Å²) in [5.74, 6) is 1.77. The van der Waals surface area contributed by atoms with Gasteiger partial charge in [-0.15, -0.1) is 0 Å². The van der Waals surface area contributed by atoms with Gasteiger partial charge in [0, 0.05) is 13.7 Å². The lowest BCUT2D eigenvalue weighted by molar-refractivity contribution is 0.198. The molecule has 1 saturated carbocycles. The van der Waals surface area contributed by atoms with Crippen LogP contribution in [0.25, 0.3) is 0 Å². The number of methoxy groups -OCH3 is 1. The third-order valence-electron chi connectivity index (χ3n) is 4.07. The molecule has 0 heterocycles.